The van der Waals surface area contributed by atoms with Gasteiger partial charge < -0.3 is 5.32 Å². The predicted molar refractivity (Wildman–Crippen MR) is 73.2 cm³/mol. The van der Waals surface area contributed by atoms with Crippen LogP contribution < -0.4 is 5.32 Å². The summed E-state index contributed by atoms with van der Waals surface area (Å²) < 4.78 is 2.17. The lowest BCUT2D eigenvalue weighted by Gasteiger charge is -2.21. The molecule has 0 aliphatic heterocycles. The van der Waals surface area contributed by atoms with Crippen LogP contribution in [0.25, 0.3) is 0 Å². The van der Waals surface area contributed by atoms with E-state index in [1.165, 1.54) is 37.7 Å². The van der Waals surface area contributed by atoms with Gasteiger partial charge in [-0.2, -0.15) is 5.10 Å². The number of hydrogen-bond donors (Lipinski definition) is 1. The van der Waals surface area contributed by atoms with Gasteiger partial charge in [0.1, 0.15) is 0 Å². The van der Waals surface area contributed by atoms with Crippen LogP contribution in [0.2, 0.25) is 0 Å². The standard InChI is InChI=1S/C15H25N3/c1-2-5-16-8-13-9-17-18(10-13)11-15-7-12-3-4-14(15)6-12/h9-10,12,14-16H,2-8,11H2,1H3. The minimum Gasteiger partial charge on any atom is -0.313 e. The van der Waals surface area contributed by atoms with Crippen molar-refractivity contribution in [1.82, 2.24) is 15.1 Å². The van der Waals surface area contributed by atoms with E-state index in [0.29, 0.717) is 0 Å². The van der Waals surface area contributed by atoms with E-state index < -0.39 is 0 Å². The van der Waals surface area contributed by atoms with Gasteiger partial charge in [0, 0.05) is 24.8 Å². The molecule has 2 saturated carbocycles. The van der Waals surface area contributed by atoms with Crippen molar-refractivity contribution < 1.29 is 0 Å². The van der Waals surface area contributed by atoms with Crippen LogP contribution >= 0.6 is 0 Å². The fourth-order valence-electron chi connectivity index (χ4n) is 3.85. The molecule has 0 saturated heterocycles. The SMILES string of the molecule is CCCNCc1cnn(CC2CC3CCC2C3)c1. The first-order chi connectivity index (χ1) is 8.85. The Kier molecular flexibility index (Phi) is 3.69. The third kappa shape index (κ3) is 2.61. The Morgan fingerprint density at radius 1 is 1.39 bits per heavy atom. The Labute approximate surface area is 110 Å². The molecule has 3 rings (SSSR count). The Hall–Kier alpha value is -0.830. The third-order valence-electron chi connectivity index (χ3n) is 4.75. The Morgan fingerprint density at radius 2 is 2.33 bits per heavy atom. The van der Waals surface area contributed by atoms with Gasteiger partial charge in [0.15, 0.2) is 0 Å². The van der Waals surface area contributed by atoms with Gasteiger partial charge in [-0.25, -0.2) is 0 Å². The minimum absolute atomic E-state index is 0.903. The van der Waals surface area contributed by atoms with Gasteiger partial charge in [-0.3, -0.25) is 4.68 Å². The van der Waals surface area contributed by atoms with Crippen molar-refractivity contribution in [2.75, 3.05) is 6.54 Å². The number of nitrogens with one attached hydrogen (secondary N) is 1. The molecule has 3 unspecified atom stereocenters. The molecule has 1 aromatic rings. The lowest BCUT2D eigenvalue weighted by Crippen LogP contribution is -2.17. The van der Waals surface area contributed by atoms with Crippen LogP contribution in [0.3, 0.4) is 0 Å². The molecule has 0 spiro atoms. The van der Waals surface area contributed by atoms with E-state index >= 15 is 0 Å². The molecule has 3 nitrogen and oxygen atoms in total. The summed E-state index contributed by atoms with van der Waals surface area (Å²) in [6.45, 7) is 5.41. The van der Waals surface area contributed by atoms with E-state index in [-0.39, 0.29) is 0 Å². The molecule has 1 aromatic heterocycles. The quantitative estimate of drug-likeness (QED) is 0.783. The van der Waals surface area contributed by atoms with E-state index in [4.69, 9.17) is 0 Å². The average Bonchev–Trinajstić information content (AvgIpc) is 3.06. The first kappa shape index (κ1) is 12.2. The molecule has 3 heteroatoms. The number of nitrogens with zero attached hydrogens (tertiary/aromatic N) is 2. The fourth-order valence-corrected chi connectivity index (χ4v) is 3.85. The van der Waals surface area contributed by atoms with E-state index in [1.807, 2.05) is 6.20 Å². The number of hydrogen-bond acceptors (Lipinski definition) is 2. The van der Waals surface area contributed by atoms with Crippen LogP contribution in [-0.2, 0) is 13.1 Å². The predicted octanol–water partition coefficient (Wildman–Crippen LogP) is 2.82. The summed E-state index contributed by atoms with van der Waals surface area (Å²) in [4.78, 5) is 0. The maximum Gasteiger partial charge on any atom is 0.0534 e. The van der Waals surface area contributed by atoms with E-state index in [2.05, 4.69) is 28.2 Å². The second-order valence-corrected chi connectivity index (χ2v) is 6.18. The van der Waals surface area contributed by atoms with Crippen molar-refractivity contribution in [2.45, 2.75) is 52.1 Å². The van der Waals surface area contributed by atoms with Crippen LogP contribution in [0, 0.1) is 17.8 Å². The Bertz CT molecular complexity index is 385. The van der Waals surface area contributed by atoms with Crippen molar-refractivity contribution >= 4 is 0 Å². The van der Waals surface area contributed by atoms with Gasteiger partial charge >= 0.3 is 0 Å². The van der Waals surface area contributed by atoms with Crippen LogP contribution in [0.4, 0.5) is 0 Å². The second kappa shape index (κ2) is 5.43. The van der Waals surface area contributed by atoms with Crippen LogP contribution in [-0.4, -0.2) is 16.3 Å². The smallest absolute Gasteiger partial charge is 0.0534 e. The average molecular weight is 247 g/mol. The van der Waals surface area contributed by atoms with Gasteiger partial charge in [0.2, 0.25) is 0 Å². The van der Waals surface area contributed by atoms with Crippen molar-refractivity contribution in [2.24, 2.45) is 17.8 Å². The Morgan fingerprint density at radius 3 is 3.06 bits per heavy atom. The van der Waals surface area contributed by atoms with Crippen LogP contribution in [0.15, 0.2) is 12.4 Å². The van der Waals surface area contributed by atoms with E-state index in [1.54, 1.807) is 0 Å². The molecule has 2 aliphatic rings. The van der Waals surface area contributed by atoms with E-state index in [9.17, 15) is 0 Å². The summed E-state index contributed by atoms with van der Waals surface area (Å²) in [5.41, 5.74) is 1.33. The molecule has 1 N–H and O–H groups in total. The minimum atomic E-state index is 0.903. The number of rotatable bonds is 6. The first-order valence-electron chi connectivity index (χ1n) is 7.57. The van der Waals surface area contributed by atoms with Crippen molar-refractivity contribution in [1.29, 1.82) is 0 Å². The monoisotopic (exact) mass is 247 g/mol. The van der Waals surface area contributed by atoms with Crippen LogP contribution in [0.5, 0.6) is 0 Å². The molecule has 0 aromatic carbocycles. The summed E-state index contributed by atoms with van der Waals surface area (Å²) in [6.07, 6.45) is 11.4. The van der Waals surface area contributed by atoms with Gasteiger partial charge in [0.25, 0.3) is 0 Å². The summed E-state index contributed by atoms with van der Waals surface area (Å²) in [6, 6.07) is 0. The molecule has 2 aliphatic carbocycles. The maximum atomic E-state index is 4.52. The van der Waals surface area contributed by atoms with Crippen molar-refractivity contribution in [3.8, 4) is 0 Å². The van der Waals surface area contributed by atoms with Gasteiger partial charge in [-0.1, -0.05) is 13.3 Å². The normalized spacial score (nSPS) is 30.2. The molecule has 0 radical (unpaired) electrons. The molecular weight excluding hydrogens is 222 g/mol. The lowest BCUT2D eigenvalue weighted by atomic mass is 9.89. The molecule has 1 heterocycles. The molecule has 2 fully saturated rings. The Balaban J connectivity index is 1.51. The van der Waals surface area contributed by atoms with Gasteiger partial charge in [-0.15, -0.1) is 0 Å². The largest absolute Gasteiger partial charge is 0.313 e. The molecule has 100 valence electrons. The molecule has 2 bridgehead atoms. The van der Waals surface area contributed by atoms with Crippen molar-refractivity contribution in [3.05, 3.63) is 18.0 Å². The molecule has 3 atom stereocenters. The molecule has 0 amide bonds. The summed E-state index contributed by atoms with van der Waals surface area (Å²) in [5.74, 6) is 2.95. The zero-order valence-electron chi connectivity index (χ0n) is 11.4. The highest BCUT2D eigenvalue weighted by Gasteiger charge is 2.39. The summed E-state index contributed by atoms with van der Waals surface area (Å²) in [5, 5.41) is 7.95. The highest BCUT2D eigenvalue weighted by molar-refractivity contribution is 5.03. The zero-order chi connectivity index (χ0) is 12.4. The van der Waals surface area contributed by atoms with Gasteiger partial charge in [-0.05, 0) is 50.0 Å². The zero-order valence-corrected chi connectivity index (χ0v) is 11.4. The fraction of sp³-hybridized carbons (Fsp3) is 0.800. The van der Waals surface area contributed by atoms with Crippen molar-refractivity contribution in [3.63, 3.8) is 0 Å². The number of fused-ring (bicyclic) bond motifs is 2. The number of aromatic nitrogens is 2. The second-order valence-electron chi connectivity index (χ2n) is 6.18. The molecular formula is C15H25N3. The highest BCUT2D eigenvalue weighted by atomic mass is 15.3. The highest BCUT2D eigenvalue weighted by Crippen LogP contribution is 2.48. The lowest BCUT2D eigenvalue weighted by molar-refractivity contribution is 0.285. The summed E-state index contributed by atoms with van der Waals surface area (Å²) in [7, 11) is 0. The summed E-state index contributed by atoms with van der Waals surface area (Å²) >= 11 is 0. The topological polar surface area (TPSA) is 29.9 Å². The van der Waals surface area contributed by atoms with Gasteiger partial charge in [0.05, 0.1) is 6.20 Å². The van der Waals surface area contributed by atoms with Crippen LogP contribution in [0.1, 0.15) is 44.6 Å². The first-order valence-corrected chi connectivity index (χ1v) is 7.57. The molecule has 18 heavy (non-hydrogen) atoms. The third-order valence-corrected chi connectivity index (χ3v) is 4.75. The van der Waals surface area contributed by atoms with E-state index in [0.717, 1.165) is 37.4 Å². The maximum absolute atomic E-state index is 4.52.